The summed E-state index contributed by atoms with van der Waals surface area (Å²) in [7, 11) is 2.04. The summed E-state index contributed by atoms with van der Waals surface area (Å²) < 4.78 is 38.3. The van der Waals surface area contributed by atoms with Crippen molar-refractivity contribution in [2.45, 2.75) is 0 Å². The number of methoxy groups -OCH3 is 1. The van der Waals surface area contributed by atoms with Crippen LogP contribution in [0.25, 0.3) is 11.1 Å². The zero-order chi connectivity index (χ0) is 23.4. The fourth-order valence-electron chi connectivity index (χ4n) is 3.63. The molecule has 0 bridgehead atoms. The molecule has 1 saturated heterocycles. The second kappa shape index (κ2) is 11.1. The molecule has 0 unspecified atom stereocenters. The molecule has 3 aromatic rings. The second-order valence-corrected chi connectivity index (χ2v) is 10.1. The normalized spacial score (nSPS) is 14.5. The minimum atomic E-state index is -3.28. The summed E-state index contributed by atoms with van der Waals surface area (Å²) >= 11 is 0. The first-order chi connectivity index (χ1) is 15.9. The van der Waals surface area contributed by atoms with E-state index in [2.05, 4.69) is 26.7 Å². The highest BCUT2D eigenvalue weighted by atomic mass is 35.5. The summed E-state index contributed by atoms with van der Waals surface area (Å²) in [6.07, 6.45) is 3.36. The van der Waals surface area contributed by atoms with Crippen molar-refractivity contribution in [2.75, 3.05) is 64.6 Å². The number of piperazine rings is 1. The lowest BCUT2D eigenvalue weighted by Gasteiger charge is -2.35. The van der Waals surface area contributed by atoms with Gasteiger partial charge in [0.25, 0.3) is 5.89 Å². The van der Waals surface area contributed by atoms with Gasteiger partial charge < -0.3 is 19.0 Å². The lowest BCUT2D eigenvalue weighted by molar-refractivity contribution is 0.375. The third-order valence-corrected chi connectivity index (χ3v) is 7.30. The zero-order valence-electron chi connectivity index (χ0n) is 19.4. The Morgan fingerprint density at radius 1 is 1.15 bits per heavy atom. The van der Waals surface area contributed by atoms with E-state index in [0.717, 1.165) is 11.3 Å². The van der Waals surface area contributed by atoms with Gasteiger partial charge in [0.1, 0.15) is 5.75 Å². The molecule has 11 heteroatoms. The SMILES string of the molecule is COc1ccc(N2CCN(S(=O)(=O)CCN(C)C)CC2)c2oc(C#Cc3cccnc3)nc12.Cl. The van der Waals surface area contributed by atoms with E-state index in [1.807, 2.05) is 43.3 Å². The van der Waals surface area contributed by atoms with Gasteiger partial charge in [-0.1, -0.05) is 5.92 Å². The quantitative estimate of drug-likeness (QED) is 0.470. The van der Waals surface area contributed by atoms with Crippen molar-refractivity contribution in [2.24, 2.45) is 0 Å². The van der Waals surface area contributed by atoms with Gasteiger partial charge in [-0.15, -0.1) is 12.4 Å². The molecule has 1 fully saturated rings. The molecule has 0 aliphatic carbocycles. The fraction of sp³-hybridized carbons (Fsp3) is 0.391. The van der Waals surface area contributed by atoms with Gasteiger partial charge >= 0.3 is 0 Å². The molecule has 0 amide bonds. The summed E-state index contributed by atoms with van der Waals surface area (Å²) in [4.78, 5) is 12.6. The molecule has 9 nitrogen and oxygen atoms in total. The van der Waals surface area contributed by atoms with Crippen molar-refractivity contribution < 1.29 is 17.6 Å². The maximum Gasteiger partial charge on any atom is 0.274 e. The summed E-state index contributed by atoms with van der Waals surface area (Å²) in [5.74, 6) is 6.94. The van der Waals surface area contributed by atoms with E-state index < -0.39 is 10.0 Å². The maximum absolute atomic E-state index is 12.6. The van der Waals surface area contributed by atoms with Gasteiger partial charge in [0, 0.05) is 50.7 Å². The number of hydrogen-bond acceptors (Lipinski definition) is 8. The highest BCUT2D eigenvalue weighted by Crippen LogP contribution is 2.34. The molecule has 1 aromatic carbocycles. The minimum Gasteiger partial charge on any atom is -0.494 e. The molecule has 34 heavy (non-hydrogen) atoms. The van der Waals surface area contributed by atoms with Crippen molar-refractivity contribution in [3.8, 4) is 17.6 Å². The molecule has 3 heterocycles. The number of rotatable bonds is 6. The van der Waals surface area contributed by atoms with Gasteiger partial charge in [-0.05, 0) is 44.3 Å². The Morgan fingerprint density at radius 3 is 2.56 bits per heavy atom. The lowest BCUT2D eigenvalue weighted by atomic mass is 10.2. The Kier molecular flexibility index (Phi) is 8.38. The van der Waals surface area contributed by atoms with Crippen LogP contribution in [0.1, 0.15) is 11.5 Å². The number of nitrogens with zero attached hydrogens (tertiary/aromatic N) is 5. The highest BCUT2D eigenvalue weighted by molar-refractivity contribution is 7.89. The molecule has 0 saturated carbocycles. The standard InChI is InChI=1S/C23H27N5O4S.ClH/c1-26(2)15-16-33(29,30)28-13-11-27(12-14-28)19-7-8-20(31-3)22-23(19)32-21(25-22)9-6-18-5-4-10-24-17-18;/h4-5,7-8,10,17H,11-16H2,1-3H3;1H. The van der Waals surface area contributed by atoms with Gasteiger partial charge in [-0.2, -0.15) is 9.29 Å². The number of oxazole rings is 1. The summed E-state index contributed by atoms with van der Waals surface area (Å²) in [6.45, 7) is 2.46. The Morgan fingerprint density at radius 2 is 1.91 bits per heavy atom. The van der Waals surface area contributed by atoms with Crippen LogP contribution in [0.15, 0.2) is 41.1 Å². The van der Waals surface area contributed by atoms with E-state index >= 15 is 0 Å². The maximum atomic E-state index is 12.6. The van der Waals surface area contributed by atoms with Crippen molar-refractivity contribution >= 4 is 39.2 Å². The van der Waals surface area contributed by atoms with Crippen LogP contribution in [-0.2, 0) is 10.0 Å². The third kappa shape index (κ3) is 5.80. The van der Waals surface area contributed by atoms with Crippen molar-refractivity contribution in [3.63, 3.8) is 0 Å². The number of anilines is 1. The van der Waals surface area contributed by atoms with Crippen LogP contribution in [0, 0.1) is 11.8 Å². The number of sulfonamides is 1. The summed E-state index contributed by atoms with van der Waals surface area (Å²) in [5.41, 5.74) is 2.77. The van der Waals surface area contributed by atoms with Crippen LogP contribution < -0.4 is 9.64 Å². The summed E-state index contributed by atoms with van der Waals surface area (Å²) in [5, 5.41) is 0. The monoisotopic (exact) mass is 505 g/mol. The molecule has 2 aromatic heterocycles. The Balaban J connectivity index is 0.00000324. The first-order valence-electron chi connectivity index (χ1n) is 10.6. The molecule has 0 radical (unpaired) electrons. The molecular formula is C23H28ClN5O4S. The smallest absolute Gasteiger partial charge is 0.274 e. The average Bonchev–Trinajstić information content (AvgIpc) is 3.26. The Labute approximate surface area is 206 Å². The van der Waals surface area contributed by atoms with Crippen molar-refractivity contribution in [3.05, 3.63) is 48.1 Å². The number of aromatic nitrogens is 2. The first-order valence-corrected chi connectivity index (χ1v) is 12.3. The van der Waals surface area contributed by atoms with E-state index in [9.17, 15) is 8.42 Å². The van der Waals surface area contributed by atoms with Crippen LogP contribution in [0.4, 0.5) is 5.69 Å². The van der Waals surface area contributed by atoms with Crippen LogP contribution in [-0.4, -0.2) is 87.3 Å². The van der Waals surface area contributed by atoms with Crippen LogP contribution >= 0.6 is 12.4 Å². The average molecular weight is 506 g/mol. The molecule has 0 spiro atoms. The highest BCUT2D eigenvalue weighted by Gasteiger charge is 2.28. The van der Waals surface area contributed by atoms with Crippen LogP contribution in [0.2, 0.25) is 0 Å². The number of fused-ring (bicyclic) bond motifs is 1. The Bertz CT molecular complexity index is 1280. The Hall–Kier alpha value is -2.84. The van der Waals surface area contributed by atoms with E-state index in [4.69, 9.17) is 9.15 Å². The predicted molar refractivity (Wildman–Crippen MR) is 134 cm³/mol. The molecule has 4 rings (SSSR count). The third-order valence-electron chi connectivity index (χ3n) is 5.45. The minimum absolute atomic E-state index is 0. The molecule has 0 N–H and O–H groups in total. The molecule has 182 valence electrons. The van der Waals surface area contributed by atoms with E-state index in [1.165, 1.54) is 0 Å². The summed E-state index contributed by atoms with van der Waals surface area (Å²) in [6, 6.07) is 7.44. The van der Waals surface area contributed by atoms with Crippen LogP contribution in [0.5, 0.6) is 5.75 Å². The lowest BCUT2D eigenvalue weighted by Crippen LogP contribution is -2.50. The number of halogens is 1. The van der Waals surface area contributed by atoms with E-state index in [1.54, 1.807) is 23.8 Å². The fourth-order valence-corrected chi connectivity index (χ4v) is 5.21. The number of ether oxygens (including phenoxy) is 1. The molecular weight excluding hydrogens is 478 g/mol. The zero-order valence-corrected chi connectivity index (χ0v) is 21.0. The number of pyridine rings is 1. The second-order valence-electron chi connectivity index (χ2n) is 7.98. The van der Waals surface area contributed by atoms with Crippen molar-refractivity contribution in [1.29, 1.82) is 0 Å². The first kappa shape index (κ1) is 25.8. The molecule has 0 atom stereocenters. The van der Waals surface area contributed by atoms with E-state index in [0.29, 0.717) is 49.6 Å². The topological polar surface area (TPSA) is 92.0 Å². The molecule has 1 aliphatic rings. The van der Waals surface area contributed by atoms with Gasteiger partial charge in [-0.25, -0.2) is 8.42 Å². The molecule has 1 aliphatic heterocycles. The van der Waals surface area contributed by atoms with Gasteiger partial charge in [-0.3, -0.25) is 4.98 Å². The van der Waals surface area contributed by atoms with Gasteiger partial charge in [0.2, 0.25) is 10.0 Å². The van der Waals surface area contributed by atoms with Gasteiger partial charge in [0.05, 0.1) is 18.6 Å². The van der Waals surface area contributed by atoms with Crippen molar-refractivity contribution in [1.82, 2.24) is 19.2 Å². The van der Waals surface area contributed by atoms with Gasteiger partial charge in [0.15, 0.2) is 11.1 Å². The largest absolute Gasteiger partial charge is 0.494 e. The van der Waals surface area contributed by atoms with Crippen LogP contribution in [0.3, 0.4) is 0 Å². The number of hydrogen-bond donors (Lipinski definition) is 0. The number of benzene rings is 1. The predicted octanol–water partition coefficient (Wildman–Crippen LogP) is 2.07. The van der Waals surface area contributed by atoms with E-state index in [-0.39, 0.29) is 24.1 Å².